The Hall–Kier alpha value is -1.66. The highest BCUT2D eigenvalue weighted by atomic mass is 19.1. The number of rotatable bonds is 4. The Morgan fingerprint density at radius 2 is 2.00 bits per heavy atom. The van der Waals surface area contributed by atoms with Crippen LogP contribution in [0.3, 0.4) is 0 Å². The summed E-state index contributed by atoms with van der Waals surface area (Å²) in [5.74, 6) is 0.117. The van der Waals surface area contributed by atoms with Gasteiger partial charge in [0.25, 0.3) is 0 Å². The molecule has 2 heterocycles. The van der Waals surface area contributed by atoms with Gasteiger partial charge in [-0.15, -0.1) is 0 Å². The summed E-state index contributed by atoms with van der Waals surface area (Å²) in [6, 6.07) is 5.58. The SMILES string of the molecule is CC(C)(C)OC(=O)N1[C@H](CC2CCOCC2)CC[C@@H]1[C@H](O)c1cccc(F)c1. The molecule has 1 N–H and O–H groups in total. The van der Waals surface area contributed by atoms with Gasteiger partial charge in [0.1, 0.15) is 11.4 Å². The third-order valence-electron chi connectivity index (χ3n) is 5.65. The van der Waals surface area contributed by atoms with Crippen molar-refractivity contribution in [3.05, 3.63) is 35.6 Å². The van der Waals surface area contributed by atoms with Crippen LogP contribution in [-0.2, 0) is 9.47 Å². The van der Waals surface area contributed by atoms with Gasteiger partial charge >= 0.3 is 6.09 Å². The fourth-order valence-corrected chi connectivity index (χ4v) is 4.33. The number of nitrogens with zero attached hydrogens (tertiary/aromatic N) is 1. The van der Waals surface area contributed by atoms with Gasteiger partial charge < -0.3 is 14.6 Å². The van der Waals surface area contributed by atoms with Gasteiger partial charge in [-0.2, -0.15) is 0 Å². The maximum Gasteiger partial charge on any atom is 0.410 e. The van der Waals surface area contributed by atoms with E-state index in [4.69, 9.17) is 9.47 Å². The minimum Gasteiger partial charge on any atom is -0.444 e. The van der Waals surface area contributed by atoms with Gasteiger partial charge in [-0.25, -0.2) is 9.18 Å². The van der Waals surface area contributed by atoms with Crippen LogP contribution in [0.25, 0.3) is 0 Å². The van der Waals surface area contributed by atoms with E-state index in [0.717, 1.165) is 38.9 Å². The second kappa shape index (κ2) is 8.78. The Morgan fingerprint density at radius 3 is 2.64 bits per heavy atom. The monoisotopic (exact) mass is 393 g/mol. The molecule has 1 amide bonds. The number of ether oxygens (including phenoxy) is 2. The van der Waals surface area contributed by atoms with Gasteiger partial charge in [0.15, 0.2) is 0 Å². The summed E-state index contributed by atoms with van der Waals surface area (Å²) in [5.41, 5.74) is -0.123. The van der Waals surface area contributed by atoms with E-state index in [1.807, 2.05) is 20.8 Å². The topological polar surface area (TPSA) is 59.0 Å². The molecule has 0 unspecified atom stereocenters. The Labute approximate surface area is 166 Å². The molecular formula is C22H32FNO4. The summed E-state index contributed by atoms with van der Waals surface area (Å²) < 4.78 is 24.8. The van der Waals surface area contributed by atoms with Crippen LogP contribution in [0.2, 0.25) is 0 Å². The summed E-state index contributed by atoms with van der Waals surface area (Å²) >= 11 is 0. The molecule has 5 nitrogen and oxygen atoms in total. The lowest BCUT2D eigenvalue weighted by Gasteiger charge is -2.36. The largest absolute Gasteiger partial charge is 0.444 e. The van der Waals surface area contributed by atoms with Crippen LogP contribution in [0.5, 0.6) is 0 Å². The number of carbonyl (C=O) groups is 1. The first-order chi connectivity index (χ1) is 13.2. The summed E-state index contributed by atoms with van der Waals surface area (Å²) in [4.78, 5) is 14.7. The summed E-state index contributed by atoms with van der Waals surface area (Å²) in [7, 11) is 0. The highest BCUT2D eigenvalue weighted by Crippen LogP contribution is 2.38. The highest BCUT2D eigenvalue weighted by Gasteiger charge is 2.43. The van der Waals surface area contributed by atoms with Crippen LogP contribution in [-0.4, -0.2) is 47.0 Å². The number of likely N-dealkylation sites (tertiary alicyclic amines) is 1. The fourth-order valence-electron chi connectivity index (χ4n) is 4.33. The van der Waals surface area contributed by atoms with Crippen molar-refractivity contribution in [2.75, 3.05) is 13.2 Å². The number of halogens is 1. The van der Waals surface area contributed by atoms with Gasteiger partial charge in [0, 0.05) is 19.3 Å². The average Bonchev–Trinajstić information content (AvgIpc) is 3.04. The van der Waals surface area contributed by atoms with Crippen molar-refractivity contribution in [2.24, 2.45) is 5.92 Å². The zero-order valence-corrected chi connectivity index (χ0v) is 17.1. The number of hydrogen-bond acceptors (Lipinski definition) is 4. The second-order valence-electron chi connectivity index (χ2n) is 8.98. The first-order valence-corrected chi connectivity index (χ1v) is 10.3. The lowest BCUT2D eigenvalue weighted by molar-refractivity contribution is -0.00995. The molecule has 6 heteroatoms. The number of aliphatic hydroxyl groups excluding tert-OH is 1. The molecule has 0 radical (unpaired) electrons. The van der Waals surface area contributed by atoms with Gasteiger partial charge in [-0.05, 0) is 76.5 Å². The zero-order valence-electron chi connectivity index (χ0n) is 17.1. The summed E-state index contributed by atoms with van der Waals surface area (Å²) in [6.45, 7) is 7.05. The standard InChI is InChI=1S/C22H32FNO4/c1-22(2,3)28-21(26)24-18(13-15-9-11-27-12-10-15)7-8-19(24)20(25)16-5-4-6-17(23)14-16/h4-6,14-15,18-20,25H,7-13H2,1-3H3/t18-,19+,20+/m0/s1. The van der Waals surface area contributed by atoms with E-state index < -0.39 is 29.7 Å². The average molecular weight is 393 g/mol. The first kappa shape index (κ1) is 21.1. The normalized spacial score (nSPS) is 25.0. The lowest BCUT2D eigenvalue weighted by Crippen LogP contribution is -2.47. The first-order valence-electron chi connectivity index (χ1n) is 10.3. The Morgan fingerprint density at radius 1 is 1.29 bits per heavy atom. The fraction of sp³-hybridized carbons (Fsp3) is 0.682. The molecule has 2 aliphatic rings. The van der Waals surface area contributed by atoms with Crippen LogP contribution in [0, 0.1) is 11.7 Å². The molecule has 2 aliphatic heterocycles. The van der Waals surface area contributed by atoms with Gasteiger partial charge in [0.2, 0.25) is 0 Å². The molecule has 0 saturated carbocycles. The molecule has 3 atom stereocenters. The Balaban J connectivity index is 1.80. The van der Waals surface area contributed by atoms with Crippen molar-refractivity contribution < 1.29 is 23.8 Å². The van der Waals surface area contributed by atoms with Crippen LogP contribution < -0.4 is 0 Å². The molecule has 0 aliphatic carbocycles. The highest BCUT2D eigenvalue weighted by molar-refractivity contribution is 5.69. The Bertz CT molecular complexity index is 669. The second-order valence-corrected chi connectivity index (χ2v) is 8.98. The molecule has 3 rings (SSSR count). The third kappa shape index (κ3) is 5.23. The maximum atomic E-state index is 13.7. The molecule has 156 valence electrons. The summed E-state index contributed by atoms with van der Waals surface area (Å²) in [5, 5.41) is 10.9. The molecule has 0 aromatic heterocycles. The van der Waals surface area contributed by atoms with E-state index in [-0.39, 0.29) is 6.04 Å². The lowest BCUT2D eigenvalue weighted by atomic mass is 9.91. The van der Waals surface area contributed by atoms with Crippen LogP contribution in [0.1, 0.15) is 64.5 Å². The van der Waals surface area contributed by atoms with Crippen LogP contribution in [0.4, 0.5) is 9.18 Å². The molecule has 2 fully saturated rings. The maximum absolute atomic E-state index is 13.7. The quantitative estimate of drug-likeness (QED) is 0.821. The van der Waals surface area contributed by atoms with Crippen molar-refractivity contribution >= 4 is 6.09 Å². The van der Waals surface area contributed by atoms with Crippen molar-refractivity contribution in [3.8, 4) is 0 Å². The number of aliphatic hydroxyl groups is 1. The number of amides is 1. The molecule has 28 heavy (non-hydrogen) atoms. The van der Waals surface area contributed by atoms with E-state index >= 15 is 0 Å². The molecule has 2 saturated heterocycles. The van der Waals surface area contributed by atoms with E-state index in [9.17, 15) is 14.3 Å². The van der Waals surface area contributed by atoms with E-state index in [0.29, 0.717) is 17.9 Å². The van der Waals surface area contributed by atoms with Crippen LogP contribution in [0.15, 0.2) is 24.3 Å². The summed E-state index contributed by atoms with van der Waals surface area (Å²) in [6.07, 6.45) is 3.02. The minimum absolute atomic E-state index is 0.0196. The van der Waals surface area contributed by atoms with E-state index in [1.54, 1.807) is 17.0 Å². The number of hydrogen-bond donors (Lipinski definition) is 1. The number of benzene rings is 1. The van der Waals surface area contributed by atoms with E-state index in [2.05, 4.69) is 0 Å². The smallest absolute Gasteiger partial charge is 0.410 e. The Kier molecular flexibility index (Phi) is 6.61. The molecule has 0 spiro atoms. The van der Waals surface area contributed by atoms with E-state index in [1.165, 1.54) is 12.1 Å². The zero-order chi connectivity index (χ0) is 20.3. The molecule has 0 bridgehead atoms. The molecular weight excluding hydrogens is 361 g/mol. The molecule has 1 aromatic rings. The van der Waals surface area contributed by atoms with Gasteiger partial charge in [0.05, 0.1) is 12.1 Å². The van der Waals surface area contributed by atoms with Gasteiger partial charge in [-0.1, -0.05) is 12.1 Å². The van der Waals surface area contributed by atoms with Crippen molar-refractivity contribution in [1.82, 2.24) is 4.90 Å². The minimum atomic E-state index is -0.942. The predicted molar refractivity (Wildman–Crippen MR) is 104 cm³/mol. The number of carbonyl (C=O) groups excluding carboxylic acids is 1. The predicted octanol–water partition coefficient (Wildman–Crippen LogP) is 4.44. The molecule has 1 aromatic carbocycles. The van der Waals surface area contributed by atoms with Gasteiger partial charge in [-0.3, -0.25) is 4.90 Å². The van der Waals surface area contributed by atoms with Crippen molar-refractivity contribution in [1.29, 1.82) is 0 Å². The van der Waals surface area contributed by atoms with Crippen molar-refractivity contribution in [2.45, 2.75) is 76.7 Å². The van der Waals surface area contributed by atoms with Crippen LogP contribution >= 0.6 is 0 Å². The third-order valence-corrected chi connectivity index (χ3v) is 5.65. The van der Waals surface area contributed by atoms with Crippen molar-refractivity contribution in [3.63, 3.8) is 0 Å².